The minimum Gasteiger partial charge on any atom is -0.466 e. The topological polar surface area (TPSA) is 105 Å². The molecule has 31 heavy (non-hydrogen) atoms. The third-order valence-corrected chi connectivity index (χ3v) is 7.43. The first kappa shape index (κ1) is 22.2. The highest BCUT2D eigenvalue weighted by atomic mass is 79.9. The summed E-state index contributed by atoms with van der Waals surface area (Å²) in [6, 6.07) is 4.79. The quantitative estimate of drug-likeness (QED) is 0.459. The highest BCUT2D eigenvalue weighted by molar-refractivity contribution is 9.09. The van der Waals surface area contributed by atoms with Crippen LogP contribution in [0.1, 0.15) is 24.5 Å². The van der Waals surface area contributed by atoms with Gasteiger partial charge >= 0.3 is 5.97 Å². The molecule has 2 bridgehead atoms. The molecule has 9 heteroatoms. The monoisotopic (exact) mass is 494 g/mol. The van der Waals surface area contributed by atoms with Gasteiger partial charge in [-0.05, 0) is 44.4 Å². The fourth-order valence-corrected chi connectivity index (χ4v) is 6.30. The van der Waals surface area contributed by atoms with Gasteiger partial charge in [-0.2, -0.15) is 0 Å². The predicted octanol–water partition coefficient (Wildman–Crippen LogP) is 1.55. The molecule has 168 valence electrons. The van der Waals surface area contributed by atoms with Crippen molar-refractivity contribution in [1.29, 1.82) is 0 Å². The summed E-state index contributed by atoms with van der Waals surface area (Å²) in [4.78, 5) is 40.9. The van der Waals surface area contributed by atoms with Crippen molar-refractivity contribution >= 4 is 39.4 Å². The standard InChI is InChI=1S/C22H27BrN2O6/c1-4-30-21(29)15-16-20(28)25(7-8-26)18(22(16)10-13(23)17(15)31-22)19(27)24-14-9-11(2)5-6-12(14)3/h5-6,9,13,15-18,26H,4,7-8,10H2,1-3H3,(H,24,27)/t13?,15-,16+,17-,18?,22?/m1/s1. The smallest absolute Gasteiger partial charge is 0.312 e. The molecule has 0 radical (unpaired) electrons. The first-order valence-corrected chi connectivity index (χ1v) is 11.4. The van der Waals surface area contributed by atoms with Gasteiger partial charge in [-0.1, -0.05) is 28.1 Å². The van der Waals surface area contributed by atoms with Crippen molar-refractivity contribution in [3.05, 3.63) is 29.3 Å². The molecule has 3 aliphatic rings. The van der Waals surface area contributed by atoms with E-state index in [0.29, 0.717) is 12.1 Å². The van der Waals surface area contributed by atoms with Gasteiger partial charge in [0.2, 0.25) is 11.8 Å². The van der Waals surface area contributed by atoms with E-state index in [0.717, 1.165) is 11.1 Å². The number of ether oxygens (including phenoxy) is 2. The lowest BCUT2D eigenvalue weighted by molar-refractivity contribution is -0.154. The number of alkyl halides is 1. The molecule has 3 aliphatic heterocycles. The number of hydrogen-bond acceptors (Lipinski definition) is 6. The van der Waals surface area contributed by atoms with Crippen LogP contribution in [0, 0.1) is 25.7 Å². The van der Waals surface area contributed by atoms with E-state index in [9.17, 15) is 19.5 Å². The van der Waals surface area contributed by atoms with E-state index in [1.165, 1.54) is 4.90 Å². The zero-order chi connectivity index (χ0) is 22.5. The lowest BCUT2D eigenvalue weighted by Gasteiger charge is -2.34. The molecule has 0 aliphatic carbocycles. The molecule has 8 nitrogen and oxygen atoms in total. The Morgan fingerprint density at radius 2 is 2.13 bits per heavy atom. The number of benzene rings is 1. The number of aliphatic hydroxyl groups excluding tert-OH is 1. The number of nitrogens with one attached hydrogen (secondary N) is 1. The molecule has 0 aromatic heterocycles. The minimum absolute atomic E-state index is 0.0154. The Hall–Kier alpha value is -1.97. The maximum absolute atomic E-state index is 13.5. The van der Waals surface area contributed by atoms with Gasteiger partial charge in [0.15, 0.2) is 0 Å². The van der Waals surface area contributed by atoms with Crippen molar-refractivity contribution in [1.82, 2.24) is 4.90 Å². The van der Waals surface area contributed by atoms with Gasteiger partial charge in [0, 0.05) is 17.1 Å². The summed E-state index contributed by atoms with van der Waals surface area (Å²) in [7, 11) is 0. The Kier molecular flexibility index (Phi) is 5.87. The second kappa shape index (κ2) is 8.18. The largest absolute Gasteiger partial charge is 0.466 e. The number of rotatable bonds is 6. The number of carbonyl (C=O) groups excluding carboxylic acids is 3. The number of hydrogen-bond donors (Lipinski definition) is 2. The average Bonchev–Trinajstić information content (AvgIpc) is 3.29. The number of anilines is 1. The Labute approximate surface area is 189 Å². The number of halogens is 1. The normalized spacial score (nSPS) is 33.5. The molecule has 0 saturated carbocycles. The molecule has 3 fully saturated rings. The summed E-state index contributed by atoms with van der Waals surface area (Å²) >= 11 is 3.59. The maximum atomic E-state index is 13.5. The number of aryl methyl sites for hydroxylation is 2. The molecule has 1 aromatic carbocycles. The lowest BCUT2D eigenvalue weighted by Crippen LogP contribution is -2.54. The van der Waals surface area contributed by atoms with Crippen molar-refractivity contribution in [3.8, 4) is 0 Å². The van der Waals surface area contributed by atoms with Gasteiger partial charge < -0.3 is 24.8 Å². The Morgan fingerprint density at radius 1 is 1.39 bits per heavy atom. The van der Waals surface area contributed by atoms with E-state index >= 15 is 0 Å². The average molecular weight is 495 g/mol. The van der Waals surface area contributed by atoms with Crippen LogP contribution >= 0.6 is 15.9 Å². The molecule has 3 saturated heterocycles. The zero-order valence-electron chi connectivity index (χ0n) is 17.8. The van der Waals surface area contributed by atoms with Gasteiger partial charge in [-0.25, -0.2) is 0 Å². The fraction of sp³-hybridized carbons (Fsp3) is 0.591. The Bertz CT molecular complexity index is 923. The molecule has 4 rings (SSSR count). The van der Waals surface area contributed by atoms with Gasteiger partial charge in [0.1, 0.15) is 11.6 Å². The van der Waals surface area contributed by atoms with Crippen molar-refractivity contribution in [2.75, 3.05) is 25.1 Å². The predicted molar refractivity (Wildman–Crippen MR) is 116 cm³/mol. The molecule has 1 spiro atoms. The first-order chi connectivity index (χ1) is 14.7. The van der Waals surface area contributed by atoms with Gasteiger partial charge in [0.25, 0.3) is 0 Å². The van der Waals surface area contributed by atoms with Crippen molar-refractivity contribution in [3.63, 3.8) is 0 Å². The third-order valence-electron chi connectivity index (χ3n) is 6.59. The highest BCUT2D eigenvalue weighted by Gasteiger charge is 2.76. The second-order valence-electron chi connectivity index (χ2n) is 8.48. The molecule has 1 aromatic rings. The van der Waals surface area contributed by atoms with Crippen molar-refractivity contribution in [2.24, 2.45) is 11.8 Å². The summed E-state index contributed by atoms with van der Waals surface area (Å²) in [6.07, 6.45) is -0.128. The van der Waals surface area contributed by atoms with E-state index < -0.39 is 35.6 Å². The minimum atomic E-state index is -1.15. The summed E-state index contributed by atoms with van der Waals surface area (Å²) in [5.74, 6) is -2.83. The van der Waals surface area contributed by atoms with Crippen molar-refractivity contribution < 1.29 is 29.0 Å². The number of likely N-dealkylation sites (tertiary alicyclic amines) is 1. The van der Waals surface area contributed by atoms with Crippen LogP contribution in [0.3, 0.4) is 0 Å². The SMILES string of the molecule is CCOC(=O)[C@H]1[C@@H]2OC3(CC2Br)C(C(=O)Nc2cc(C)ccc2C)N(CCO)C(=O)[C@H]13. The number of β-amino-alcohol motifs (C(OH)–C–C–N with tert-alkyl or cyclic N) is 1. The number of aliphatic hydroxyl groups is 1. The molecule has 2 amide bonds. The van der Waals surface area contributed by atoms with Gasteiger partial charge in [-0.3, -0.25) is 14.4 Å². The molecule has 3 heterocycles. The highest BCUT2D eigenvalue weighted by Crippen LogP contribution is 2.60. The second-order valence-corrected chi connectivity index (χ2v) is 9.65. The van der Waals surface area contributed by atoms with Crippen molar-refractivity contribution in [2.45, 2.75) is 49.8 Å². The Balaban J connectivity index is 1.72. The third kappa shape index (κ3) is 3.37. The number of carbonyl (C=O) groups is 3. The first-order valence-electron chi connectivity index (χ1n) is 10.5. The molecular formula is C22H27BrN2O6. The van der Waals surface area contributed by atoms with E-state index in [4.69, 9.17) is 9.47 Å². The molecule has 2 N–H and O–H groups in total. The summed E-state index contributed by atoms with van der Waals surface area (Å²) in [5.41, 5.74) is 1.40. The molecule has 6 atom stereocenters. The van der Waals surface area contributed by atoms with E-state index in [1.807, 2.05) is 32.0 Å². The van der Waals surface area contributed by atoms with Gasteiger partial charge in [0.05, 0.1) is 31.2 Å². The van der Waals surface area contributed by atoms with Crippen LogP contribution in [0.4, 0.5) is 5.69 Å². The zero-order valence-corrected chi connectivity index (χ0v) is 19.3. The number of fused-ring (bicyclic) bond motifs is 1. The van der Waals surface area contributed by atoms with Crippen LogP contribution < -0.4 is 5.32 Å². The number of nitrogens with zero attached hydrogens (tertiary/aromatic N) is 1. The summed E-state index contributed by atoms with van der Waals surface area (Å²) in [5, 5.41) is 12.5. The van der Waals surface area contributed by atoms with Crippen LogP contribution in [0.15, 0.2) is 18.2 Å². The maximum Gasteiger partial charge on any atom is 0.312 e. The van der Waals surface area contributed by atoms with Crippen LogP contribution in [-0.4, -0.2) is 70.1 Å². The molecule has 3 unspecified atom stereocenters. The summed E-state index contributed by atoms with van der Waals surface area (Å²) in [6.45, 7) is 5.42. The van der Waals surface area contributed by atoms with E-state index in [2.05, 4.69) is 21.2 Å². The van der Waals surface area contributed by atoms with Gasteiger partial charge in [-0.15, -0.1) is 0 Å². The summed E-state index contributed by atoms with van der Waals surface area (Å²) < 4.78 is 11.5. The van der Waals surface area contributed by atoms with Crippen LogP contribution in [0.2, 0.25) is 0 Å². The van der Waals surface area contributed by atoms with E-state index in [1.54, 1.807) is 6.92 Å². The molecular weight excluding hydrogens is 468 g/mol. The van der Waals surface area contributed by atoms with Crippen LogP contribution in [-0.2, 0) is 23.9 Å². The fourth-order valence-electron chi connectivity index (χ4n) is 5.36. The number of esters is 1. The van der Waals surface area contributed by atoms with Crippen LogP contribution in [0.5, 0.6) is 0 Å². The van der Waals surface area contributed by atoms with Crippen LogP contribution in [0.25, 0.3) is 0 Å². The van der Waals surface area contributed by atoms with E-state index in [-0.39, 0.29) is 36.4 Å². The number of amides is 2. The Morgan fingerprint density at radius 3 is 2.81 bits per heavy atom. The lowest BCUT2D eigenvalue weighted by atomic mass is 9.70.